The Labute approximate surface area is 132 Å². The summed E-state index contributed by atoms with van der Waals surface area (Å²) in [6.45, 7) is 7.73. The summed E-state index contributed by atoms with van der Waals surface area (Å²) in [6.07, 6.45) is 0.800. The Balaban J connectivity index is 1.89. The van der Waals surface area contributed by atoms with Crippen LogP contribution in [0.1, 0.15) is 32.8 Å². The maximum atomic E-state index is 6.19. The van der Waals surface area contributed by atoms with Crippen molar-refractivity contribution in [3.8, 4) is 5.75 Å². The van der Waals surface area contributed by atoms with Crippen molar-refractivity contribution in [2.75, 3.05) is 20.3 Å². The molecular formula is C17H25ClO3. The van der Waals surface area contributed by atoms with Gasteiger partial charge in [-0.2, -0.15) is 0 Å². The lowest BCUT2D eigenvalue weighted by Crippen LogP contribution is -2.53. The summed E-state index contributed by atoms with van der Waals surface area (Å²) in [6, 6.07) is 8.28. The Bertz CT molecular complexity index is 438. The van der Waals surface area contributed by atoms with Crippen LogP contribution in [-0.4, -0.2) is 37.9 Å². The second kappa shape index (κ2) is 6.99. The summed E-state index contributed by atoms with van der Waals surface area (Å²) in [7, 11) is 1.66. The molecular weight excluding hydrogens is 288 g/mol. The predicted octanol–water partition coefficient (Wildman–Crippen LogP) is 3.77. The van der Waals surface area contributed by atoms with Gasteiger partial charge in [-0.15, -0.1) is 11.6 Å². The maximum absolute atomic E-state index is 6.19. The molecule has 0 N–H and O–H groups in total. The molecule has 1 fully saturated rings. The van der Waals surface area contributed by atoms with Gasteiger partial charge in [-0.25, -0.2) is 0 Å². The summed E-state index contributed by atoms with van der Waals surface area (Å²) in [5.74, 6) is 0.872. The van der Waals surface area contributed by atoms with E-state index in [0.29, 0.717) is 13.2 Å². The number of methoxy groups -OCH3 is 1. The van der Waals surface area contributed by atoms with Gasteiger partial charge in [0.25, 0.3) is 0 Å². The normalized spacial score (nSPS) is 25.5. The van der Waals surface area contributed by atoms with E-state index >= 15 is 0 Å². The summed E-state index contributed by atoms with van der Waals surface area (Å²) in [5, 5.41) is 0.0284. The molecule has 1 aliphatic carbocycles. The van der Waals surface area contributed by atoms with Crippen LogP contribution < -0.4 is 4.74 Å². The third-order valence-electron chi connectivity index (χ3n) is 3.79. The number of ether oxygens (including phenoxy) is 3. The van der Waals surface area contributed by atoms with Gasteiger partial charge < -0.3 is 14.2 Å². The molecule has 1 aromatic rings. The van der Waals surface area contributed by atoms with Gasteiger partial charge in [0.15, 0.2) is 0 Å². The van der Waals surface area contributed by atoms with Crippen molar-refractivity contribution in [1.82, 2.24) is 0 Å². The van der Waals surface area contributed by atoms with Gasteiger partial charge in [0.1, 0.15) is 18.0 Å². The predicted molar refractivity (Wildman–Crippen MR) is 85.4 cm³/mol. The van der Waals surface area contributed by atoms with Crippen molar-refractivity contribution in [3.05, 3.63) is 29.8 Å². The minimum atomic E-state index is -0.0518. The van der Waals surface area contributed by atoms with E-state index in [1.165, 1.54) is 5.56 Å². The monoisotopic (exact) mass is 312 g/mol. The van der Waals surface area contributed by atoms with Crippen molar-refractivity contribution in [2.45, 2.75) is 50.2 Å². The van der Waals surface area contributed by atoms with Crippen molar-refractivity contribution in [3.63, 3.8) is 0 Å². The van der Waals surface area contributed by atoms with Gasteiger partial charge in [0.2, 0.25) is 0 Å². The molecule has 0 saturated heterocycles. The van der Waals surface area contributed by atoms with Crippen LogP contribution in [0.25, 0.3) is 0 Å². The van der Waals surface area contributed by atoms with Crippen LogP contribution in [0.4, 0.5) is 0 Å². The summed E-state index contributed by atoms with van der Waals surface area (Å²) < 4.78 is 16.7. The zero-order valence-electron chi connectivity index (χ0n) is 13.3. The lowest BCUT2D eigenvalue weighted by atomic mass is 9.87. The number of rotatable bonds is 6. The summed E-state index contributed by atoms with van der Waals surface area (Å²) in [4.78, 5) is 0. The largest absolute Gasteiger partial charge is 0.488 e. The average molecular weight is 313 g/mol. The number of halogens is 1. The highest BCUT2D eigenvalue weighted by Gasteiger charge is 2.42. The first-order chi connectivity index (χ1) is 9.91. The van der Waals surface area contributed by atoms with Crippen molar-refractivity contribution >= 4 is 11.6 Å². The SMILES string of the molecule is COCCOC1C(Cl)CC1Oc1ccc(C(C)(C)C)cc1. The van der Waals surface area contributed by atoms with Crippen LogP contribution in [0.15, 0.2) is 24.3 Å². The molecule has 1 aromatic carbocycles. The van der Waals surface area contributed by atoms with E-state index in [0.717, 1.165) is 12.2 Å². The Morgan fingerprint density at radius 1 is 1.14 bits per heavy atom. The zero-order chi connectivity index (χ0) is 15.5. The molecule has 3 nitrogen and oxygen atoms in total. The average Bonchev–Trinajstić information content (AvgIpc) is 2.42. The molecule has 4 heteroatoms. The molecule has 0 heterocycles. The highest BCUT2D eigenvalue weighted by molar-refractivity contribution is 6.21. The number of benzene rings is 1. The van der Waals surface area contributed by atoms with Gasteiger partial charge in [0, 0.05) is 13.5 Å². The molecule has 0 aliphatic heterocycles. The molecule has 0 bridgehead atoms. The Morgan fingerprint density at radius 2 is 1.81 bits per heavy atom. The first kappa shape index (κ1) is 16.6. The van der Waals surface area contributed by atoms with E-state index in [2.05, 4.69) is 32.9 Å². The van der Waals surface area contributed by atoms with Crippen LogP contribution in [0.3, 0.4) is 0 Å². The molecule has 0 radical (unpaired) electrons. The minimum Gasteiger partial charge on any atom is -0.488 e. The Morgan fingerprint density at radius 3 is 2.33 bits per heavy atom. The first-order valence-corrected chi connectivity index (χ1v) is 7.87. The highest BCUT2D eigenvalue weighted by atomic mass is 35.5. The topological polar surface area (TPSA) is 27.7 Å². The highest BCUT2D eigenvalue weighted by Crippen LogP contribution is 2.33. The smallest absolute Gasteiger partial charge is 0.128 e. The van der Waals surface area contributed by atoms with Gasteiger partial charge in [0.05, 0.1) is 18.6 Å². The van der Waals surface area contributed by atoms with Gasteiger partial charge in [-0.1, -0.05) is 32.9 Å². The summed E-state index contributed by atoms with van der Waals surface area (Å²) >= 11 is 6.19. The molecule has 118 valence electrons. The third-order valence-corrected chi connectivity index (χ3v) is 4.21. The maximum Gasteiger partial charge on any atom is 0.128 e. The number of hydrogen-bond donors (Lipinski definition) is 0. The fourth-order valence-corrected chi connectivity index (χ4v) is 2.74. The van der Waals surface area contributed by atoms with Gasteiger partial charge >= 0.3 is 0 Å². The van der Waals surface area contributed by atoms with Gasteiger partial charge in [-0.05, 0) is 23.1 Å². The lowest BCUT2D eigenvalue weighted by Gasteiger charge is -2.40. The van der Waals surface area contributed by atoms with Crippen molar-refractivity contribution in [1.29, 1.82) is 0 Å². The Hall–Kier alpha value is -0.770. The molecule has 0 spiro atoms. The van der Waals surface area contributed by atoms with Crippen LogP contribution in [0.2, 0.25) is 0 Å². The van der Waals surface area contributed by atoms with Crippen LogP contribution in [0.5, 0.6) is 5.75 Å². The van der Waals surface area contributed by atoms with E-state index in [1.54, 1.807) is 7.11 Å². The zero-order valence-corrected chi connectivity index (χ0v) is 14.0. The molecule has 2 rings (SSSR count). The third kappa shape index (κ3) is 4.35. The molecule has 0 aromatic heterocycles. The fraction of sp³-hybridized carbons (Fsp3) is 0.647. The van der Waals surface area contributed by atoms with E-state index in [4.69, 9.17) is 25.8 Å². The molecule has 1 saturated carbocycles. The van der Waals surface area contributed by atoms with E-state index in [9.17, 15) is 0 Å². The van der Waals surface area contributed by atoms with E-state index < -0.39 is 0 Å². The standard InChI is InChI=1S/C17H25ClO3/c1-17(2,3)12-5-7-13(8-6-12)21-15-11-14(18)16(15)20-10-9-19-4/h5-8,14-16H,9-11H2,1-4H3. The fourth-order valence-electron chi connectivity index (χ4n) is 2.33. The van der Waals surface area contributed by atoms with E-state index in [1.807, 2.05) is 12.1 Å². The number of alkyl halides is 1. The lowest BCUT2D eigenvalue weighted by molar-refractivity contribution is -0.0898. The molecule has 0 amide bonds. The van der Waals surface area contributed by atoms with Gasteiger partial charge in [-0.3, -0.25) is 0 Å². The Kier molecular flexibility index (Phi) is 5.53. The van der Waals surface area contributed by atoms with E-state index in [-0.39, 0.29) is 23.0 Å². The number of hydrogen-bond acceptors (Lipinski definition) is 3. The van der Waals surface area contributed by atoms with Crippen molar-refractivity contribution < 1.29 is 14.2 Å². The second-order valence-corrected chi connectivity index (χ2v) is 7.07. The molecule has 3 atom stereocenters. The second-order valence-electron chi connectivity index (χ2n) is 6.51. The molecule has 3 unspecified atom stereocenters. The first-order valence-electron chi connectivity index (χ1n) is 7.43. The minimum absolute atomic E-state index is 0.0284. The van der Waals surface area contributed by atoms with Crippen molar-refractivity contribution in [2.24, 2.45) is 0 Å². The quantitative estimate of drug-likeness (QED) is 0.591. The van der Waals surface area contributed by atoms with Crippen LogP contribution in [-0.2, 0) is 14.9 Å². The molecule has 1 aliphatic rings. The van der Waals surface area contributed by atoms with Crippen LogP contribution >= 0.6 is 11.6 Å². The summed E-state index contributed by atoms with van der Waals surface area (Å²) in [5.41, 5.74) is 1.45. The van der Waals surface area contributed by atoms with Crippen LogP contribution in [0, 0.1) is 0 Å². The molecule has 21 heavy (non-hydrogen) atoms.